The number of carbonyl (C=O) groups excluding carboxylic acids is 2. The second kappa shape index (κ2) is 8.66. The van der Waals surface area contributed by atoms with Crippen molar-refractivity contribution in [1.82, 2.24) is 10.3 Å². The van der Waals surface area contributed by atoms with Gasteiger partial charge in [0, 0.05) is 23.5 Å². The molecule has 0 aliphatic rings. The van der Waals surface area contributed by atoms with Gasteiger partial charge in [-0.25, -0.2) is 9.78 Å². The average molecular weight is 364 g/mol. The zero-order valence-corrected chi connectivity index (χ0v) is 14.9. The maximum absolute atomic E-state index is 12.3. The van der Waals surface area contributed by atoms with Crippen LogP contribution in [0.2, 0.25) is 0 Å². The highest BCUT2D eigenvalue weighted by molar-refractivity contribution is 5.94. The minimum absolute atomic E-state index is 0.0876. The number of rotatable bonds is 6. The Labute approximate surface area is 156 Å². The van der Waals surface area contributed by atoms with E-state index in [0.717, 1.165) is 5.56 Å². The number of benzene rings is 2. The predicted octanol–water partition coefficient (Wildman–Crippen LogP) is 3.66. The van der Waals surface area contributed by atoms with E-state index in [9.17, 15) is 9.59 Å². The van der Waals surface area contributed by atoms with Gasteiger partial charge in [0.15, 0.2) is 0 Å². The maximum Gasteiger partial charge on any atom is 0.319 e. The van der Waals surface area contributed by atoms with Gasteiger partial charge in [-0.05, 0) is 37.3 Å². The van der Waals surface area contributed by atoms with Gasteiger partial charge in [-0.2, -0.15) is 0 Å². The van der Waals surface area contributed by atoms with Crippen LogP contribution in [0.3, 0.4) is 0 Å². The van der Waals surface area contributed by atoms with Gasteiger partial charge < -0.3 is 20.4 Å². The largest absolute Gasteiger partial charge is 0.444 e. The summed E-state index contributed by atoms with van der Waals surface area (Å²) in [6.07, 6.45) is 1.57. The Kier molecular flexibility index (Phi) is 5.84. The molecule has 0 fully saturated rings. The molecule has 138 valence electrons. The van der Waals surface area contributed by atoms with E-state index in [0.29, 0.717) is 29.5 Å². The summed E-state index contributed by atoms with van der Waals surface area (Å²) in [6.45, 7) is 2.37. The number of nitrogens with zero attached hydrogens (tertiary/aromatic N) is 1. The van der Waals surface area contributed by atoms with Crippen molar-refractivity contribution in [1.29, 1.82) is 0 Å². The van der Waals surface area contributed by atoms with E-state index < -0.39 is 0 Å². The number of urea groups is 1. The molecule has 0 bridgehead atoms. The fourth-order valence-electron chi connectivity index (χ4n) is 2.48. The molecule has 0 unspecified atom stereocenters. The third-order valence-electron chi connectivity index (χ3n) is 3.66. The van der Waals surface area contributed by atoms with Crippen LogP contribution in [-0.4, -0.2) is 23.5 Å². The fourth-order valence-corrected chi connectivity index (χ4v) is 2.48. The van der Waals surface area contributed by atoms with Gasteiger partial charge >= 0.3 is 6.03 Å². The van der Waals surface area contributed by atoms with Crippen LogP contribution in [0.1, 0.15) is 12.6 Å². The molecule has 3 amide bonds. The lowest BCUT2D eigenvalue weighted by Gasteiger charge is -2.08. The highest BCUT2D eigenvalue weighted by Gasteiger charge is 2.11. The highest BCUT2D eigenvalue weighted by atomic mass is 16.3. The second-order valence-corrected chi connectivity index (χ2v) is 5.80. The maximum atomic E-state index is 12.3. The smallest absolute Gasteiger partial charge is 0.319 e. The molecule has 27 heavy (non-hydrogen) atoms. The molecule has 0 spiro atoms. The van der Waals surface area contributed by atoms with Crippen LogP contribution in [0, 0.1) is 0 Å². The number of anilines is 2. The van der Waals surface area contributed by atoms with Crippen LogP contribution in [-0.2, 0) is 11.2 Å². The number of nitrogens with one attached hydrogen (secondary N) is 3. The quantitative estimate of drug-likeness (QED) is 0.622. The van der Waals surface area contributed by atoms with Crippen LogP contribution in [0.4, 0.5) is 16.2 Å². The third kappa shape index (κ3) is 5.18. The zero-order valence-electron chi connectivity index (χ0n) is 14.9. The number of amides is 3. The van der Waals surface area contributed by atoms with Crippen LogP contribution in [0.15, 0.2) is 65.3 Å². The zero-order chi connectivity index (χ0) is 19.1. The van der Waals surface area contributed by atoms with Gasteiger partial charge in [-0.3, -0.25) is 4.79 Å². The molecular weight excluding hydrogens is 344 g/mol. The van der Waals surface area contributed by atoms with Crippen molar-refractivity contribution in [3.63, 3.8) is 0 Å². The molecule has 3 aromatic rings. The molecule has 0 saturated heterocycles. The van der Waals surface area contributed by atoms with E-state index >= 15 is 0 Å². The Morgan fingerprint density at radius 3 is 2.48 bits per heavy atom. The minimum Gasteiger partial charge on any atom is -0.444 e. The fraction of sp³-hybridized carbons (Fsp3) is 0.150. The number of aromatic nitrogens is 1. The van der Waals surface area contributed by atoms with Gasteiger partial charge in [0.25, 0.3) is 0 Å². The second-order valence-electron chi connectivity index (χ2n) is 5.80. The first kappa shape index (κ1) is 18.2. The molecule has 3 N–H and O–H groups in total. The lowest BCUT2D eigenvalue weighted by Crippen LogP contribution is -2.28. The molecule has 1 aromatic heterocycles. The number of hydrogen-bond acceptors (Lipinski definition) is 4. The molecular formula is C20H20N4O3. The molecule has 0 saturated carbocycles. The van der Waals surface area contributed by atoms with Crippen molar-refractivity contribution < 1.29 is 14.0 Å². The Hall–Kier alpha value is -3.61. The SMILES string of the molecule is CCNC(=O)Nc1cccc(NC(=O)Cc2coc(-c3ccccc3)n2)c1. The van der Waals surface area contributed by atoms with Crippen molar-refractivity contribution in [2.24, 2.45) is 0 Å². The third-order valence-corrected chi connectivity index (χ3v) is 3.66. The molecule has 0 aliphatic carbocycles. The molecule has 3 rings (SSSR count). The standard InChI is InChI=1S/C20H20N4O3/c1-2-21-20(26)24-16-10-6-9-15(11-16)22-18(25)12-17-13-27-19(23-17)14-7-4-3-5-8-14/h3-11,13H,2,12H2,1H3,(H,22,25)(H2,21,24,26). The molecule has 7 nitrogen and oxygen atoms in total. The van der Waals surface area contributed by atoms with Crippen LogP contribution >= 0.6 is 0 Å². The van der Waals surface area contributed by atoms with E-state index in [2.05, 4.69) is 20.9 Å². The average Bonchev–Trinajstić information content (AvgIpc) is 3.11. The predicted molar refractivity (Wildman–Crippen MR) is 103 cm³/mol. The number of oxazole rings is 1. The monoisotopic (exact) mass is 364 g/mol. The Balaban J connectivity index is 1.60. The summed E-state index contributed by atoms with van der Waals surface area (Å²) in [4.78, 5) is 28.2. The van der Waals surface area contributed by atoms with Gasteiger partial charge in [-0.1, -0.05) is 24.3 Å². The van der Waals surface area contributed by atoms with Crippen molar-refractivity contribution >= 4 is 23.3 Å². The Morgan fingerprint density at radius 1 is 1.00 bits per heavy atom. The lowest BCUT2D eigenvalue weighted by molar-refractivity contribution is -0.115. The first-order chi connectivity index (χ1) is 13.1. The summed E-state index contributed by atoms with van der Waals surface area (Å²) < 4.78 is 5.44. The van der Waals surface area contributed by atoms with Crippen molar-refractivity contribution in [3.8, 4) is 11.5 Å². The van der Waals surface area contributed by atoms with Gasteiger partial charge in [0.2, 0.25) is 11.8 Å². The molecule has 7 heteroatoms. The molecule has 1 heterocycles. The Bertz CT molecular complexity index is 922. The molecule has 0 radical (unpaired) electrons. The Morgan fingerprint density at radius 2 is 1.74 bits per heavy atom. The van der Waals surface area contributed by atoms with E-state index in [-0.39, 0.29) is 18.4 Å². The van der Waals surface area contributed by atoms with Gasteiger partial charge in [-0.15, -0.1) is 0 Å². The van der Waals surface area contributed by atoms with E-state index in [1.807, 2.05) is 37.3 Å². The lowest BCUT2D eigenvalue weighted by atomic mass is 10.2. The minimum atomic E-state index is -0.294. The van der Waals surface area contributed by atoms with Crippen LogP contribution < -0.4 is 16.0 Å². The van der Waals surface area contributed by atoms with E-state index in [1.165, 1.54) is 6.26 Å². The van der Waals surface area contributed by atoms with Gasteiger partial charge in [0.1, 0.15) is 6.26 Å². The summed E-state index contributed by atoms with van der Waals surface area (Å²) in [5.41, 5.74) is 2.57. The number of carbonyl (C=O) groups is 2. The summed E-state index contributed by atoms with van der Waals surface area (Å²) in [5, 5.41) is 8.14. The summed E-state index contributed by atoms with van der Waals surface area (Å²) in [7, 11) is 0. The van der Waals surface area contributed by atoms with E-state index in [1.54, 1.807) is 24.3 Å². The molecule has 0 aliphatic heterocycles. The van der Waals surface area contributed by atoms with Gasteiger partial charge in [0.05, 0.1) is 12.1 Å². The van der Waals surface area contributed by atoms with Crippen molar-refractivity contribution in [2.45, 2.75) is 13.3 Å². The van der Waals surface area contributed by atoms with E-state index in [4.69, 9.17) is 4.42 Å². The first-order valence-electron chi connectivity index (χ1n) is 8.58. The normalized spacial score (nSPS) is 10.3. The first-order valence-corrected chi connectivity index (χ1v) is 8.58. The van der Waals surface area contributed by atoms with Crippen LogP contribution in [0.5, 0.6) is 0 Å². The van der Waals surface area contributed by atoms with Crippen molar-refractivity contribution in [3.05, 3.63) is 66.6 Å². The summed E-state index contributed by atoms with van der Waals surface area (Å²) in [5.74, 6) is 0.254. The van der Waals surface area contributed by atoms with Crippen LogP contribution in [0.25, 0.3) is 11.5 Å². The van der Waals surface area contributed by atoms with Crippen molar-refractivity contribution in [2.75, 3.05) is 17.2 Å². The summed E-state index contributed by atoms with van der Waals surface area (Å²) in [6, 6.07) is 16.1. The highest BCUT2D eigenvalue weighted by Crippen LogP contribution is 2.19. The molecule has 0 atom stereocenters. The topological polar surface area (TPSA) is 96.3 Å². The molecule has 2 aromatic carbocycles. The number of hydrogen-bond donors (Lipinski definition) is 3. The summed E-state index contributed by atoms with van der Waals surface area (Å²) >= 11 is 0.